The number of carbonyl (C=O) groups excluding carboxylic acids is 1. The number of amides is 1. The van der Waals surface area contributed by atoms with E-state index in [0.29, 0.717) is 18.0 Å². The van der Waals surface area contributed by atoms with Gasteiger partial charge in [-0.15, -0.1) is 0 Å². The predicted octanol–water partition coefficient (Wildman–Crippen LogP) is 0.862. The van der Waals surface area contributed by atoms with E-state index in [2.05, 4.69) is 9.44 Å². The smallest absolute Gasteiger partial charge is 0.298 e. The SMILES string of the molecule is CNS(=O)(=O)Nc1ccc2c(c1)CC(=O)N2CC1CC1. The lowest BCUT2D eigenvalue weighted by atomic mass is 10.1. The quantitative estimate of drug-likeness (QED) is 0.845. The van der Waals surface area contributed by atoms with Crippen molar-refractivity contribution in [1.82, 2.24) is 4.72 Å². The molecule has 6 nitrogen and oxygen atoms in total. The largest absolute Gasteiger partial charge is 0.312 e. The molecule has 0 unspecified atom stereocenters. The third-order valence-electron chi connectivity index (χ3n) is 3.67. The van der Waals surface area contributed by atoms with Crippen molar-refractivity contribution >= 4 is 27.5 Å². The van der Waals surface area contributed by atoms with Gasteiger partial charge in [0, 0.05) is 19.3 Å². The summed E-state index contributed by atoms with van der Waals surface area (Å²) in [5.74, 6) is 0.730. The van der Waals surface area contributed by atoms with E-state index in [1.54, 1.807) is 12.1 Å². The van der Waals surface area contributed by atoms with Crippen LogP contribution in [0.1, 0.15) is 18.4 Å². The number of hydrogen-bond acceptors (Lipinski definition) is 3. The number of nitrogens with one attached hydrogen (secondary N) is 2. The monoisotopic (exact) mass is 295 g/mol. The van der Waals surface area contributed by atoms with Crippen molar-refractivity contribution in [3.8, 4) is 0 Å². The van der Waals surface area contributed by atoms with E-state index in [4.69, 9.17) is 0 Å². The van der Waals surface area contributed by atoms with Gasteiger partial charge in [0.05, 0.1) is 12.1 Å². The first kappa shape index (κ1) is 13.4. The van der Waals surface area contributed by atoms with Gasteiger partial charge in [-0.1, -0.05) is 0 Å². The van der Waals surface area contributed by atoms with Crippen molar-refractivity contribution in [2.75, 3.05) is 23.2 Å². The van der Waals surface area contributed by atoms with Crippen LogP contribution in [0.15, 0.2) is 18.2 Å². The Hall–Kier alpha value is -1.60. The molecule has 2 aliphatic rings. The van der Waals surface area contributed by atoms with Crippen LogP contribution in [0.2, 0.25) is 0 Å². The van der Waals surface area contributed by atoms with E-state index >= 15 is 0 Å². The summed E-state index contributed by atoms with van der Waals surface area (Å²) < 4.78 is 27.5. The maximum absolute atomic E-state index is 12.0. The molecule has 0 bridgehead atoms. The van der Waals surface area contributed by atoms with Gasteiger partial charge in [0.2, 0.25) is 5.91 Å². The molecular formula is C13H17N3O3S. The molecule has 1 fully saturated rings. The van der Waals surface area contributed by atoms with Crippen molar-refractivity contribution in [2.45, 2.75) is 19.3 Å². The van der Waals surface area contributed by atoms with Crippen molar-refractivity contribution < 1.29 is 13.2 Å². The molecule has 1 aliphatic carbocycles. The Bertz CT molecular complexity index is 653. The van der Waals surface area contributed by atoms with Gasteiger partial charge >= 0.3 is 0 Å². The minimum absolute atomic E-state index is 0.0977. The van der Waals surface area contributed by atoms with E-state index < -0.39 is 10.2 Å². The van der Waals surface area contributed by atoms with Crippen LogP contribution in [0, 0.1) is 5.92 Å². The fraction of sp³-hybridized carbons (Fsp3) is 0.462. The van der Waals surface area contributed by atoms with Crippen molar-refractivity contribution in [3.05, 3.63) is 23.8 Å². The summed E-state index contributed by atoms with van der Waals surface area (Å²) in [6.07, 6.45) is 2.73. The van der Waals surface area contributed by atoms with Crippen LogP contribution in [0.25, 0.3) is 0 Å². The van der Waals surface area contributed by atoms with Gasteiger partial charge in [0.25, 0.3) is 10.2 Å². The Morgan fingerprint density at radius 3 is 2.75 bits per heavy atom. The first-order valence-electron chi connectivity index (χ1n) is 6.63. The van der Waals surface area contributed by atoms with Gasteiger partial charge in [0.1, 0.15) is 0 Å². The Morgan fingerprint density at radius 1 is 1.35 bits per heavy atom. The molecule has 0 atom stereocenters. The minimum atomic E-state index is -3.52. The van der Waals surface area contributed by atoms with E-state index in [9.17, 15) is 13.2 Å². The Balaban J connectivity index is 1.83. The number of fused-ring (bicyclic) bond motifs is 1. The maximum atomic E-state index is 12.0. The summed E-state index contributed by atoms with van der Waals surface area (Å²) in [7, 11) is -2.18. The molecule has 7 heteroatoms. The van der Waals surface area contributed by atoms with Gasteiger partial charge in [0.15, 0.2) is 0 Å². The van der Waals surface area contributed by atoms with Gasteiger partial charge in [-0.3, -0.25) is 9.52 Å². The second kappa shape index (κ2) is 4.75. The van der Waals surface area contributed by atoms with E-state index in [-0.39, 0.29) is 5.91 Å². The molecule has 0 radical (unpaired) electrons. The molecule has 0 aromatic heterocycles. The first-order valence-corrected chi connectivity index (χ1v) is 8.11. The Labute approximate surface area is 118 Å². The third-order valence-corrected chi connectivity index (χ3v) is 4.71. The maximum Gasteiger partial charge on any atom is 0.298 e. The number of hydrogen-bond donors (Lipinski definition) is 2. The average Bonchev–Trinajstić information content (AvgIpc) is 3.15. The number of anilines is 2. The van der Waals surface area contributed by atoms with Crippen LogP contribution < -0.4 is 14.3 Å². The molecule has 2 N–H and O–H groups in total. The number of rotatable bonds is 5. The highest BCUT2D eigenvalue weighted by atomic mass is 32.2. The zero-order valence-corrected chi connectivity index (χ0v) is 12.0. The molecule has 1 amide bonds. The van der Waals surface area contributed by atoms with Gasteiger partial charge in [-0.2, -0.15) is 8.42 Å². The van der Waals surface area contributed by atoms with Crippen LogP contribution in [0.5, 0.6) is 0 Å². The molecule has 20 heavy (non-hydrogen) atoms. The second-order valence-electron chi connectivity index (χ2n) is 5.28. The molecule has 0 spiro atoms. The minimum Gasteiger partial charge on any atom is -0.312 e. The first-order chi connectivity index (χ1) is 9.48. The van der Waals surface area contributed by atoms with Crippen molar-refractivity contribution in [1.29, 1.82) is 0 Å². The number of carbonyl (C=O) groups is 1. The third kappa shape index (κ3) is 2.64. The predicted molar refractivity (Wildman–Crippen MR) is 76.8 cm³/mol. The van der Waals surface area contributed by atoms with Gasteiger partial charge in [-0.05, 0) is 42.5 Å². The Morgan fingerprint density at radius 2 is 2.10 bits per heavy atom. The van der Waals surface area contributed by atoms with Crippen molar-refractivity contribution in [3.63, 3.8) is 0 Å². The van der Waals surface area contributed by atoms with Crippen LogP contribution in [-0.2, 0) is 21.4 Å². The Kier molecular flexibility index (Phi) is 3.18. The molecule has 1 aliphatic heterocycles. The van der Waals surface area contributed by atoms with Crippen LogP contribution in [0.3, 0.4) is 0 Å². The summed E-state index contributed by atoms with van der Waals surface area (Å²) in [5.41, 5.74) is 2.26. The summed E-state index contributed by atoms with van der Waals surface area (Å²) in [6, 6.07) is 5.23. The standard InChI is InChI=1S/C13H17N3O3S/c1-14-20(18,19)15-11-4-5-12-10(6-11)7-13(17)16(12)8-9-2-3-9/h4-6,9,14-15H,2-3,7-8H2,1H3. The molecule has 108 valence electrons. The molecule has 0 saturated heterocycles. The van der Waals surface area contributed by atoms with E-state index in [0.717, 1.165) is 17.8 Å². The lowest BCUT2D eigenvalue weighted by molar-refractivity contribution is -0.117. The highest BCUT2D eigenvalue weighted by Gasteiger charge is 2.32. The summed E-state index contributed by atoms with van der Waals surface area (Å²) in [4.78, 5) is 13.8. The fourth-order valence-corrected chi connectivity index (χ4v) is 2.95. The summed E-state index contributed by atoms with van der Waals surface area (Å²) in [6.45, 7) is 0.785. The second-order valence-corrected chi connectivity index (χ2v) is 6.90. The molecule has 3 rings (SSSR count). The van der Waals surface area contributed by atoms with Crippen molar-refractivity contribution in [2.24, 2.45) is 5.92 Å². The lowest BCUT2D eigenvalue weighted by Gasteiger charge is -2.17. The summed E-state index contributed by atoms with van der Waals surface area (Å²) in [5, 5.41) is 0. The zero-order chi connectivity index (χ0) is 14.3. The van der Waals surface area contributed by atoms with E-state index in [1.807, 2.05) is 11.0 Å². The van der Waals surface area contributed by atoms with Crippen LogP contribution in [0.4, 0.5) is 11.4 Å². The molecular weight excluding hydrogens is 278 g/mol. The molecule has 1 aromatic rings. The fourth-order valence-electron chi connectivity index (χ4n) is 2.41. The normalized spacial score (nSPS) is 18.2. The molecule has 1 saturated carbocycles. The summed E-state index contributed by atoms with van der Waals surface area (Å²) >= 11 is 0. The highest BCUT2D eigenvalue weighted by Crippen LogP contribution is 2.36. The molecule has 1 aromatic carbocycles. The highest BCUT2D eigenvalue weighted by molar-refractivity contribution is 7.90. The van der Waals surface area contributed by atoms with Gasteiger partial charge < -0.3 is 4.90 Å². The lowest BCUT2D eigenvalue weighted by Crippen LogP contribution is -2.28. The van der Waals surface area contributed by atoms with Gasteiger partial charge in [-0.25, -0.2) is 4.72 Å². The van der Waals surface area contributed by atoms with E-state index in [1.165, 1.54) is 19.9 Å². The molecule has 1 heterocycles. The average molecular weight is 295 g/mol. The number of nitrogens with zero attached hydrogens (tertiary/aromatic N) is 1. The van der Waals surface area contributed by atoms with Crippen LogP contribution >= 0.6 is 0 Å². The zero-order valence-electron chi connectivity index (χ0n) is 11.2. The number of benzene rings is 1. The van der Waals surface area contributed by atoms with Crippen LogP contribution in [-0.4, -0.2) is 27.9 Å². The topological polar surface area (TPSA) is 78.5 Å².